The van der Waals surface area contributed by atoms with Crippen LogP contribution in [0, 0.1) is 6.92 Å². The first-order chi connectivity index (χ1) is 9.52. The maximum atomic E-state index is 11.8. The number of carbonyl (C=O) groups excluding carboxylic acids is 1. The normalized spacial score (nSPS) is 11.0. The zero-order valence-corrected chi connectivity index (χ0v) is 11.8. The van der Waals surface area contributed by atoms with Crippen molar-refractivity contribution in [2.24, 2.45) is 0 Å². The van der Waals surface area contributed by atoms with Crippen LogP contribution in [0.4, 0.5) is 5.88 Å². The van der Waals surface area contributed by atoms with E-state index in [2.05, 4.69) is 39.9 Å². The Morgan fingerprint density at radius 3 is 2.95 bits per heavy atom. The standard InChI is InChI=1S/C12H18N6O2/c1-8(2)13-5-10-6-18(17-15-10)7-11(19)14-12-4-9(3)16-20-12/h4,6,8,13H,5,7H2,1-3H3,(H,14,19). The number of aromatic nitrogens is 4. The third kappa shape index (κ3) is 4.16. The van der Waals surface area contributed by atoms with E-state index in [4.69, 9.17) is 4.52 Å². The largest absolute Gasteiger partial charge is 0.338 e. The van der Waals surface area contributed by atoms with E-state index < -0.39 is 0 Å². The second-order valence-electron chi connectivity index (χ2n) is 4.82. The van der Waals surface area contributed by atoms with E-state index in [1.54, 1.807) is 19.2 Å². The molecule has 0 atom stereocenters. The van der Waals surface area contributed by atoms with Gasteiger partial charge in [-0.05, 0) is 6.92 Å². The van der Waals surface area contributed by atoms with Crippen LogP contribution in [0.5, 0.6) is 0 Å². The Bertz CT molecular complexity index is 574. The molecule has 0 radical (unpaired) electrons. The third-order valence-electron chi connectivity index (χ3n) is 2.47. The van der Waals surface area contributed by atoms with Crippen molar-refractivity contribution in [1.29, 1.82) is 0 Å². The van der Waals surface area contributed by atoms with Crippen LogP contribution in [0.1, 0.15) is 25.2 Å². The number of hydrogen-bond acceptors (Lipinski definition) is 6. The molecule has 2 N–H and O–H groups in total. The minimum Gasteiger partial charge on any atom is -0.338 e. The number of nitrogens with zero attached hydrogens (tertiary/aromatic N) is 4. The van der Waals surface area contributed by atoms with E-state index in [0.717, 1.165) is 5.69 Å². The average molecular weight is 278 g/mol. The average Bonchev–Trinajstić information content (AvgIpc) is 2.96. The summed E-state index contributed by atoms with van der Waals surface area (Å²) in [6.07, 6.45) is 1.74. The molecule has 0 unspecified atom stereocenters. The van der Waals surface area contributed by atoms with Gasteiger partial charge in [0.25, 0.3) is 0 Å². The second-order valence-corrected chi connectivity index (χ2v) is 4.82. The van der Waals surface area contributed by atoms with Crippen molar-refractivity contribution in [1.82, 2.24) is 25.5 Å². The summed E-state index contributed by atoms with van der Waals surface area (Å²) < 4.78 is 6.39. The fraction of sp³-hybridized carbons (Fsp3) is 0.500. The highest BCUT2D eigenvalue weighted by Crippen LogP contribution is 2.08. The molecule has 0 aliphatic heterocycles. The Morgan fingerprint density at radius 1 is 1.50 bits per heavy atom. The molecule has 0 fully saturated rings. The molecule has 20 heavy (non-hydrogen) atoms. The van der Waals surface area contributed by atoms with Crippen LogP contribution in [-0.4, -0.2) is 32.1 Å². The van der Waals surface area contributed by atoms with E-state index in [0.29, 0.717) is 24.2 Å². The minimum atomic E-state index is -0.241. The number of anilines is 1. The maximum Gasteiger partial charge on any atom is 0.248 e. The second kappa shape index (κ2) is 6.29. The molecule has 108 valence electrons. The molecule has 1 amide bonds. The smallest absolute Gasteiger partial charge is 0.248 e. The number of nitrogens with one attached hydrogen (secondary N) is 2. The molecule has 0 saturated carbocycles. The van der Waals surface area contributed by atoms with Crippen LogP contribution in [0.3, 0.4) is 0 Å². The van der Waals surface area contributed by atoms with Gasteiger partial charge in [0.1, 0.15) is 6.54 Å². The fourth-order valence-corrected chi connectivity index (χ4v) is 1.55. The summed E-state index contributed by atoms with van der Waals surface area (Å²) in [7, 11) is 0. The molecular weight excluding hydrogens is 260 g/mol. The maximum absolute atomic E-state index is 11.8. The number of aryl methyl sites for hydroxylation is 1. The van der Waals surface area contributed by atoms with E-state index >= 15 is 0 Å². The molecule has 0 spiro atoms. The molecule has 0 bridgehead atoms. The van der Waals surface area contributed by atoms with Crippen LogP contribution >= 0.6 is 0 Å². The molecule has 0 aliphatic rings. The summed E-state index contributed by atoms with van der Waals surface area (Å²) in [5, 5.41) is 17.4. The van der Waals surface area contributed by atoms with Gasteiger partial charge in [0.2, 0.25) is 11.8 Å². The van der Waals surface area contributed by atoms with Crippen molar-refractivity contribution in [2.75, 3.05) is 5.32 Å². The van der Waals surface area contributed by atoms with E-state index in [9.17, 15) is 4.79 Å². The lowest BCUT2D eigenvalue weighted by atomic mass is 10.3. The Morgan fingerprint density at radius 2 is 2.30 bits per heavy atom. The quantitative estimate of drug-likeness (QED) is 0.807. The predicted molar refractivity (Wildman–Crippen MR) is 71.9 cm³/mol. The first kappa shape index (κ1) is 14.2. The Balaban J connectivity index is 1.85. The van der Waals surface area contributed by atoms with Gasteiger partial charge in [-0.2, -0.15) is 0 Å². The molecular formula is C12H18N6O2. The summed E-state index contributed by atoms with van der Waals surface area (Å²) in [5.74, 6) is 0.0868. The molecule has 8 heteroatoms. The molecule has 0 aromatic carbocycles. The molecule has 2 aromatic rings. The van der Waals surface area contributed by atoms with Crippen molar-refractivity contribution in [3.05, 3.63) is 23.7 Å². The lowest BCUT2D eigenvalue weighted by molar-refractivity contribution is -0.117. The summed E-state index contributed by atoms with van der Waals surface area (Å²) in [6.45, 7) is 6.59. The first-order valence-electron chi connectivity index (χ1n) is 6.38. The molecule has 2 aromatic heterocycles. The van der Waals surface area contributed by atoms with Crippen molar-refractivity contribution in [3.63, 3.8) is 0 Å². The highest BCUT2D eigenvalue weighted by Gasteiger charge is 2.09. The van der Waals surface area contributed by atoms with Crippen LogP contribution in [-0.2, 0) is 17.9 Å². The zero-order valence-electron chi connectivity index (χ0n) is 11.8. The van der Waals surface area contributed by atoms with Gasteiger partial charge in [-0.15, -0.1) is 5.10 Å². The predicted octanol–water partition coefficient (Wildman–Crippen LogP) is 0.711. The first-order valence-corrected chi connectivity index (χ1v) is 6.38. The van der Waals surface area contributed by atoms with Crippen LogP contribution in [0.25, 0.3) is 0 Å². The van der Waals surface area contributed by atoms with Crippen LogP contribution in [0.2, 0.25) is 0 Å². The molecule has 0 saturated heterocycles. The molecule has 8 nitrogen and oxygen atoms in total. The summed E-state index contributed by atoms with van der Waals surface area (Å²) in [5.41, 5.74) is 1.50. The van der Waals surface area contributed by atoms with Gasteiger partial charge in [-0.1, -0.05) is 24.2 Å². The molecule has 2 heterocycles. The lowest BCUT2D eigenvalue weighted by Crippen LogP contribution is -2.22. The fourth-order valence-electron chi connectivity index (χ4n) is 1.55. The van der Waals surface area contributed by atoms with Gasteiger partial charge in [0.05, 0.1) is 17.6 Å². The Hall–Kier alpha value is -2.22. The van der Waals surface area contributed by atoms with Gasteiger partial charge >= 0.3 is 0 Å². The Labute approximate surface area is 116 Å². The monoisotopic (exact) mass is 278 g/mol. The van der Waals surface area contributed by atoms with Crippen molar-refractivity contribution >= 4 is 11.8 Å². The van der Waals surface area contributed by atoms with E-state index in [1.807, 2.05) is 0 Å². The molecule has 0 aliphatic carbocycles. The summed E-state index contributed by atoms with van der Waals surface area (Å²) in [6, 6.07) is 2.02. The van der Waals surface area contributed by atoms with Crippen LogP contribution in [0.15, 0.2) is 16.8 Å². The van der Waals surface area contributed by atoms with E-state index in [-0.39, 0.29) is 12.5 Å². The van der Waals surface area contributed by atoms with Gasteiger partial charge in [-0.25, -0.2) is 4.68 Å². The zero-order chi connectivity index (χ0) is 14.5. The highest BCUT2D eigenvalue weighted by atomic mass is 16.5. The topological polar surface area (TPSA) is 97.9 Å². The minimum absolute atomic E-state index is 0.0778. The summed E-state index contributed by atoms with van der Waals surface area (Å²) in [4.78, 5) is 11.8. The van der Waals surface area contributed by atoms with Crippen molar-refractivity contribution in [2.45, 2.75) is 39.9 Å². The van der Waals surface area contributed by atoms with Crippen molar-refractivity contribution < 1.29 is 9.32 Å². The number of hydrogen-bond donors (Lipinski definition) is 2. The van der Waals surface area contributed by atoms with E-state index in [1.165, 1.54) is 4.68 Å². The third-order valence-corrected chi connectivity index (χ3v) is 2.47. The number of carbonyl (C=O) groups is 1. The number of rotatable bonds is 6. The highest BCUT2D eigenvalue weighted by molar-refractivity contribution is 5.89. The SMILES string of the molecule is Cc1cc(NC(=O)Cn2cc(CNC(C)C)nn2)on1. The van der Waals surface area contributed by atoms with Gasteiger partial charge in [0, 0.05) is 18.7 Å². The summed E-state index contributed by atoms with van der Waals surface area (Å²) >= 11 is 0. The van der Waals surface area contributed by atoms with Crippen molar-refractivity contribution in [3.8, 4) is 0 Å². The van der Waals surface area contributed by atoms with Gasteiger partial charge in [-0.3, -0.25) is 10.1 Å². The number of amides is 1. The van der Waals surface area contributed by atoms with Gasteiger partial charge in [0.15, 0.2) is 0 Å². The van der Waals surface area contributed by atoms with Crippen LogP contribution < -0.4 is 10.6 Å². The molecule has 2 rings (SSSR count). The van der Waals surface area contributed by atoms with Gasteiger partial charge < -0.3 is 9.84 Å². The lowest BCUT2D eigenvalue weighted by Gasteiger charge is -2.04. The Kier molecular flexibility index (Phi) is 4.46.